The average Bonchev–Trinajstić information content (AvgIpc) is 3.91. The molecule has 0 amide bonds. The van der Waals surface area contributed by atoms with Crippen LogP contribution in [0.15, 0.2) is 41.8 Å². The topological polar surface area (TPSA) is 160 Å². The summed E-state index contributed by atoms with van der Waals surface area (Å²) in [6, 6.07) is 2.00. The fourth-order valence-corrected chi connectivity index (χ4v) is 17.0. The van der Waals surface area contributed by atoms with Crippen molar-refractivity contribution in [3.63, 3.8) is 0 Å². The second-order valence-corrected chi connectivity index (χ2v) is 22.7. The average molecular weight is 824 g/mol. The highest BCUT2D eigenvalue weighted by Gasteiger charge is 2.72. The lowest BCUT2D eigenvalue weighted by atomic mass is 9.45. The predicted molar refractivity (Wildman–Crippen MR) is 225 cm³/mol. The summed E-state index contributed by atoms with van der Waals surface area (Å²) in [5, 5.41) is 60.7. The van der Waals surface area contributed by atoms with Crippen LogP contribution in [0.2, 0.25) is 0 Å². The molecule has 1 aromatic rings. The van der Waals surface area contributed by atoms with E-state index in [1.54, 1.807) is 18.6 Å². The van der Waals surface area contributed by atoms with Crippen molar-refractivity contribution in [1.29, 1.82) is 0 Å². The van der Waals surface area contributed by atoms with E-state index in [-0.39, 0.29) is 60.1 Å². The van der Waals surface area contributed by atoms with Crippen molar-refractivity contribution in [3.05, 3.63) is 47.3 Å². The summed E-state index contributed by atoms with van der Waals surface area (Å²) in [6.45, 7) is 10.9. The van der Waals surface area contributed by atoms with E-state index in [1.165, 1.54) is 6.42 Å². The first-order valence-electron chi connectivity index (χ1n) is 23.7. The van der Waals surface area contributed by atoms with Gasteiger partial charge in [-0.25, -0.2) is 0 Å². The number of hydrogen-bond donors (Lipinski definition) is 6. The van der Waals surface area contributed by atoms with E-state index in [1.807, 2.05) is 18.5 Å². The van der Waals surface area contributed by atoms with Gasteiger partial charge in [0.15, 0.2) is 5.78 Å². The minimum Gasteiger partial charge on any atom is -0.465 e. The van der Waals surface area contributed by atoms with E-state index in [0.717, 1.165) is 31.2 Å². The van der Waals surface area contributed by atoms with Crippen LogP contribution in [0, 0.1) is 99.6 Å². The quantitative estimate of drug-likeness (QED) is 0.112. The summed E-state index contributed by atoms with van der Waals surface area (Å²) in [4.78, 5) is 30.9. The molecule has 5 saturated carbocycles. The number of aromatic nitrogens is 1. The first-order chi connectivity index (χ1) is 28.5. The molecule has 1 saturated heterocycles. The Kier molecular flexibility index (Phi) is 9.90. The Bertz CT molecular complexity index is 2010. The standard InChI is InChI=1S/C51H69NO8/c1-26-9-10-28-19-29-11-12-33-32(35-25-60-47(57)44(35)31-14-16-52-24-31)8-6-7-30-22-51(59)37-20-39(53)38-21-40(54)41(55)23-48(38,3)36(37)13-15-49(51,4)46(30)50(5,58)42(56)18-27(2)43(29)45(33)34(28)17-26/h14,16,19-20,24,26-27,29-30,32-36,38,40-46,52,54-56,58-59H,7,9-13,15,17-18,21-23,25H2,1-5H3. The Morgan fingerprint density at radius 1 is 0.900 bits per heavy atom. The third kappa shape index (κ3) is 5.89. The van der Waals surface area contributed by atoms with Gasteiger partial charge in [0.05, 0.1) is 42.0 Å². The first kappa shape index (κ1) is 41.3. The zero-order valence-corrected chi connectivity index (χ0v) is 36.4. The molecule has 9 heteroatoms. The number of nitrogens with one attached hydrogen (secondary N) is 1. The highest BCUT2D eigenvalue weighted by atomic mass is 16.5. The summed E-state index contributed by atoms with van der Waals surface area (Å²) in [7, 11) is 0. The van der Waals surface area contributed by atoms with E-state index >= 15 is 0 Å². The number of carbonyl (C=O) groups is 2. The van der Waals surface area contributed by atoms with Crippen LogP contribution in [-0.4, -0.2) is 78.4 Å². The maximum atomic E-state index is 14.1. The number of aromatic amines is 1. The van der Waals surface area contributed by atoms with Crippen molar-refractivity contribution >= 4 is 11.8 Å². The number of H-pyrrole nitrogens is 1. The number of ether oxygens (including phenoxy) is 1. The summed E-state index contributed by atoms with van der Waals surface area (Å²) in [6.07, 6.45) is 13.6. The summed E-state index contributed by atoms with van der Waals surface area (Å²) < 4.78 is 5.96. The van der Waals surface area contributed by atoms with Gasteiger partial charge in [0.1, 0.15) is 0 Å². The number of esters is 1. The molecule has 0 radical (unpaired) electrons. The van der Waals surface area contributed by atoms with Gasteiger partial charge in [-0.05, 0) is 160 Å². The molecule has 6 fully saturated rings. The van der Waals surface area contributed by atoms with Gasteiger partial charge in [-0.2, -0.15) is 0 Å². The molecule has 0 spiro atoms. The zero-order chi connectivity index (χ0) is 42.3. The number of rotatable bonds is 2. The Morgan fingerprint density at radius 2 is 1.70 bits per heavy atom. The first-order valence-corrected chi connectivity index (χ1v) is 23.7. The fourth-order valence-electron chi connectivity index (χ4n) is 17.0. The molecule has 1 aromatic heterocycles. The highest BCUT2D eigenvalue weighted by Crippen LogP contribution is 2.71. The summed E-state index contributed by atoms with van der Waals surface area (Å²) >= 11 is 0. The molecule has 6 N–H and O–H groups in total. The van der Waals surface area contributed by atoms with Crippen molar-refractivity contribution in [1.82, 2.24) is 4.98 Å². The van der Waals surface area contributed by atoms with E-state index in [2.05, 4.69) is 50.6 Å². The molecular formula is C51H69NO8. The monoisotopic (exact) mass is 824 g/mol. The SMILES string of the molecule is CC1CCC2=CC3CCC4C(C5COC(=O)C5c5cc[nH]c5)C#CCC5CC6(O)C7=CC(=O)C8CC(O)C(O)CC8(C)C7CCC6(C)C5C(C)(O)C(O)CC(C)C3C4C2C1. The second kappa shape index (κ2) is 14.4. The molecule has 326 valence electrons. The van der Waals surface area contributed by atoms with Crippen LogP contribution in [0.5, 0.6) is 0 Å². The number of allylic oxidation sites excluding steroid dienone is 3. The third-order valence-corrected chi connectivity index (χ3v) is 19.7. The number of ketones is 1. The third-order valence-electron chi connectivity index (χ3n) is 19.7. The Balaban J connectivity index is 1.09. The van der Waals surface area contributed by atoms with E-state index in [9.17, 15) is 35.1 Å². The number of aliphatic hydroxyl groups excluding tert-OH is 3. The van der Waals surface area contributed by atoms with Gasteiger partial charge in [-0.1, -0.05) is 45.3 Å². The fraction of sp³-hybridized carbons (Fsp3) is 0.765. The van der Waals surface area contributed by atoms with Gasteiger partial charge in [-0.3, -0.25) is 9.59 Å². The lowest BCUT2D eigenvalue weighted by Gasteiger charge is -2.61. The molecule has 9 nitrogen and oxygen atoms in total. The van der Waals surface area contributed by atoms with Gasteiger partial charge in [-0.15, -0.1) is 5.92 Å². The van der Waals surface area contributed by atoms with Crippen molar-refractivity contribution in [3.8, 4) is 11.8 Å². The molecular weight excluding hydrogens is 755 g/mol. The molecule has 1 aliphatic heterocycles. The summed E-state index contributed by atoms with van der Waals surface area (Å²) in [5.74, 6) is 7.70. The molecule has 60 heavy (non-hydrogen) atoms. The largest absolute Gasteiger partial charge is 0.465 e. The Hall–Kier alpha value is -2.74. The molecule has 21 atom stereocenters. The number of aliphatic hydroxyl groups is 5. The van der Waals surface area contributed by atoms with Crippen LogP contribution in [0.25, 0.3) is 0 Å². The van der Waals surface area contributed by atoms with Crippen LogP contribution < -0.4 is 0 Å². The lowest BCUT2D eigenvalue weighted by molar-refractivity contribution is -0.182. The normalized spacial score (nSPS) is 53.5. The van der Waals surface area contributed by atoms with Gasteiger partial charge < -0.3 is 35.3 Å². The van der Waals surface area contributed by atoms with Crippen LogP contribution in [0.3, 0.4) is 0 Å². The number of carbonyl (C=O) groups excluding carboxylic acids is 2. The highest BCUT2D eigenvalue weighted by molar-refractivity contribution is 5.95. The van der Waals surface area contributed by atoms with E-state index in [4.69, 9.17) is 4.74 Å². The molecule has 9 aliphatic rings. The molecule has 21 unspecified atom stereocenters. The van der Waals surface area contributed by atoms with Crippen LogP contribution >= 0.6 is 0 Å². The van der Waals surface area contributed by atoms with Crippen molar-refractivity contribution in [2.45, 2.75) is 147 Å². The van der Waals surface area contributed by atoms with Crippen molar-refractivity contribution in [2.24, 2.45) is 87.8 Å². The predicted octanol–water partition coefficient (Wildman–Crippen LogP) is 6.50. The van der Waals surface area contributed by atoms with E-state index < -0.39 is 58.1 Å². The van der Waals surface area contributed by atoms with Gasteiger partial charge >= 0.3 is 5.97 Å². The lowest BCUT2D eigenvalue weighted by Crippen LogP contribution is -2.63. The molecule has 0 aromatic carbocycles. The number of cyclic esters (lactones) is 1. The number of hydrogen-bond acceptors (Lipinski definition) is 8. The summed E-state index contributed by atoms with van der Waals surface area (Å²) in [5.41, 5.74) is -1.26. The van der Waals surface area contributed by atoms with Crippen molar-refractivity contribution < 1.29 is 39.9 Å². The van der Waals surface area contributed by atoms with Gasteiger partial charge in [0, 0.05) is 47.9 Å². The van der Waals surface area contributed by atoms with Crippen LogP contribution in [0.4, 0.5) is 0 Å². The second-order valence-electron chi connectivity index (χ2n) is 22.7. The molecule has 2 heterocycles. The minimum absolute atomic E-state index is 0.0986. The minimum atomic E-state index is -1.56. The molecule has 10 rings (SSSR count). The maximum Gasteiger partial charge on any atom is 0.313 e. The zero-order valence-electron chi connectivity index (χ0n) is 36.4. The number of fused-ring (bicyclic) bond motifs is 8. The maximum absolute atomic E-state index is 14.1. The molecule has 4 bridgehead atoms. The van der Waals surface area contributed by atoms with Crippen LogP contribution in [0.1, 0.15) is 123 Å². The van der Waals surface area contributed by atoms with Crippen LogP contribution in [-0.2, 0) is 14.3 Å². The Labute approximate surface area is 356 Å². The van der Waals surface area contributed by atoms with Gasteiger partial charge in [0.2, 0.25) is 0 Å². The van der Waals surface area contributed by atoms with Gasteiger partial charge in [0.25, 0.3) is 0 Å². The van der Waals surface area contributed by atoms with Crippen molar-refractivity contribution in [2.75, 3.05) is 6.61 Å². The molecule has 8 aliphatic carbocycles. The smallest absolute Gasteiger partial charge is 0.313 e. The van der Waals surface area contributed by atoms with E-state index in [0.29, 0.717) is 73.9 Å². The Morgan fingerprint density at radius 3 is 2.47 bits per heavy atom.